The van der Waals surface area contributed by atoms with Crippen molar-refractivity contribution in [3.05, 3.63) is 98.5 Å². The smallest absolute Gasteiger partial charge is 0.249 e. The van der Waals surface area contributed by atoms with Crippen LogP contribution in [0.4, 0.5) is 0 Å². The number of halogens is 1. The highest BCUT2D eigenvalue weighted by atomic mass is 79.9. The molecule has 2 aromatic carbocycles. The first-order valence-corrected chi connectivity index (χ1v) is 9.90. The normalized spacial score (nSPS) is 10.8. The summed E-state index contributed by atoms with van der Waals surface area (Å²) in [6.07, 6.45) is 1.29. The summed E-state index contributed by atoms with van der Waals surface area (Å²) in [5.41, 5.74) is 1.96. The molecule has 0 fully saturated rings. The zero-order valence-corrected chi connectivity index (χ0v) is 17.0. The molecule has 2 aromatic heterocycles. The molecule has 0 saturated carbocycles. The first kappa shape index (κ1) is 19.1. The van der Waals surface area contributed by atoms with E-state index in [1.54, 1.807) is 12.1 Å². The van der Waals surface area contributed by atoms with Crippen LogP contribution in [-0.2, 0) is 19.4 Å². The molecule has 0 aliphatic rings. The summed E-state index contributed by atoms with van der Waals surface area (Å²) in [6, 6.07) is 20.8. The zero-order valence-electron chi connectivity index (χ0n) is 15.5. The van der Waals surface area contributed by atoms with E-state index in [1.807, 2.05) is 48.5 Å². The van der Waals surface area contributed by atoms with E-state index in [1.165, 1.54) is 10.9 Å². The van der Waals surface area contributed by atoms with Crippen LogP contribution in [-0.4, -0.2) is 25.2 Å². The monoisotopic (exact) mass is 451 g/mol. The van der Waals surface area contributed by atoms with Crippen LogP contribution in [0.1, 0.15) is 17.0 Å². The molecule has 29 heavy (non-hydrogen) atoms. The maximum Gasteiger partial charge on any atom is 0.249 e. The average Bonchev–Trinajstić information content (AvgIpc) is 3.21. The molecular weight excluding hydrogens is 434 g/mol. The summed E-state index contributed by atoms with van der Waals surface area (Å²) in [5, 5.41) is 12.5. The van der Waals surface area contributed by atoms with Crippen molar-refractivity contribution in [3.8, 4) is 11.6 Å². The van der Waals surface area contributed by atoms with Gasteiger partial charge in [0.2, 0.25) is 5.56 Å². The molecule has 1 N–H and O–H groups in total. The first-order chi connectivity index (χ1) is 14.2. The second-order valence-corrected chi connectivity index (χ2v) is 7.34. The van der Waals surface area contributed by atoms with Crippen LogP contribution in [0.15, 0.2) is 76.0 Å². The number of H-pyrrole nitrogens is 1. The van der Waals surface area contributed by atoms with Crippen molar-refractivity contribution in [1.82, 2.24) is 25.2 Å². The molecule has 0 spiro atoms. The second-order valence-electron chi connectivity index (χ2n) is 6.42. The molecule has 4 aromatic rings. The predicted octanol–water partition coefficient (Wildman–Crippen LogP) is 3.48. The molecule has 0 amide bonds. The van der Waals surface area contributed by atoms with E-state index < -0.39 is 0 Å². The van der Waals surface area contributed by atoms with Crippen LogP contribution >= 0.6 is 15.9 Å². The topological polar surface area (TPSA) is 85.7 Å². The highest BCUT2D eigenvalue weighted by Crippen LogP contribution is 2.25. The van der Waals surface area contributed by atoms with Gasteiger partial charge in [-0.1, -0.05) is 52.3 Å². The van der Waals surface area contributed by atoms with Gasteiger partial charge in [-0.05, 0) is 47.0 Å². The van der Waals surface area contributed by atoms with Crippen molar-refractivity contribution in [2.24, 2.45) is 0 Å². The number of rotatable bonds is 7. The van der Waals surface area contributed by atoms with Gasteiger partial charge in [-0.2, -0.15) is 0 Å². The van der Waals surface area contributed by atoms with Crippen molar-refractivity contribution in [2.45, 2.75) is 19.4 Å². The molecule has 0 unspecified atom stereocenters. The fourth-order valence-corrected chi connectivity index (χ4v) is 3.27. The van der Waals surface area contributed by atoms with E-state index in [2.05, 4.69) is 36.3 Å². The maximum absolute atomic E-state index is 11.5. The molecular formula is C21H18BrN5O2. The summed E-state index contributed by atoms with van der Waals surface area (Å²) in [4.78, 5) is 15.5. The van der Waals surface area contributed by atoms with Gasteiger partial charge in [-0.3, -0.25) is 4.79 Å². The lowest BCUT2D eigenvalue weighted by molar-refractivity contribution is 0.303. The Morgan fingerprint density at radius 3 is 2.69 bits per heavy atom. The molecule has 0 aliphatic carbocycles. The summed E-state index contributed by atoms with van der Waals surface area (Å²) >= 11 is 3.52. The van der Waals surface area contributed by atoms with Crippen molar-refractivity contribution in [1.29, 1.82) is 0 Å². The second kappa shape index (κ2) is 8.83. The van der Waals surface area contributed by atoms with Gasteiger partial charge in [-0.25, -0.2) is 0 Å². The van der Waals surface area contributed by atoms with Gasteiger partial charge >= 0.3 is 0 Å². The number of pyridine rings is 1. The fourth-order valence-electron chi connectivity index (χ4n) is 2.86. The minimum Gasteiger partial charge on any atom is -0.489 e. The van der Waals surface area contributed by atoms with Gasteiger partial charge in [-0.15, -0.1) is 15.0 Å². The molecule has 146 valence electrons. The lowest BCUT2D eigenvalue weighted by Crippen LogP contribution is -2.10. The summed E-state index contributed by atoms with van der Waals surface area (Å²) in [7, 11) is 0. The molecule has 0 radical (unpaired) electrons. The molecule has 0 atom stereocenters. The van der Waals surface area contributed by atoms with Crippen LogP contribution in [0.2, 0.25) is 0 Å². The Kier molecular flexibility index (Phi) is 5.81. The van der Waals surface area contributed by atoms with Gasteiger partial charge < -0.3 is 9.72 Å². The zero-order chi connectivity index (χ0) is 20.1. The number of aryl methyl sites for hydroxylation is 2. The molecule has 4 rings (SSSR count). The van der Waals surface area contributed by atoms with E-state index in [4.69, 9.17) is 4.74 Å². The molecule has 0 aliphatic heterocycles. The SMILES string of the molecule is O=c1cccc(-n2nnc(CCc3cc(Br)ccc3OCc3ccccc3)n2)[nH]1. The number of nitrogens with zero attached hydrogens (tertiary/aromatic N) is 4. The Morgan fingerprint density at radius 1 is 1.00 bits per heavy atom. The van der Waals surface area contributed by atoms with E-state index in [0.29, 0.717) is 31.1 Å². The third kappa shape index (κ3) is 4.97. The number of ether oxygens (including phenoxy) is 1. The third-order valence-corrected chi connectivity index (χ3v) is 4.79. The Hall–Kier alpha value is -3.26. The van der Waals surface area contributed by atoms with Gasteiger partial charge in [0.05, 0.1) is 0 Å². The fraction of sp³-hybridized carbons (Fsp3) is 0.143. The number of hydrogen-bond acceptors (Lipinski definition) is 5. The number of aromatic nitrogens is 5. The third-order valence-electron chi connectivity index (χ3n) is 4.30. The van der Waals surface area contributed by atoms with Crippen molar-refractivity contribution in [2.75, 3.05) is 0 Å². The molecule has 0 bridgehead atoms. The van der Waals surface area contributed by atoms with Gasteiger partial charge in [0.1, 0.15) is 12.4 Å². The molecule has 8 heteroatoms. The van der Waals surface area contributed by atoms with E-state index in [0.717, 1.165) is 21.3 Å². The highest BCUT2D eigenvalue weighted by molar-refractivity contribution is 9.10. The minimum atomic E-state index is -0.212. The predicted molar refractivity (Wildman–Crippen MR) is 112 cm³/mol. The Labute approximate surface area is 175 Å². The number of aromatic amines is 1. The van der Waals surface area contributed by atoms with Crippen LogP contribution in [0.25, 0.3) is 5.82 Å². The molecule has 2 heterocycles. The van der Waals surface area contributed by atoms with Gasteiger partial charge in [0.25, 0.3) is 0 Å². The van der Waals surface area contributed by atoms with Crippen molar-refractivity contribution >= 4 is 15.9 Å². The summed E-state index contributed by atoms with van der Waals surface area (Å²) in [6.45, 7) is 0.505. The standard InChI is InChI=1S/C21H18BrN5O2/c22-17-10-11-18(29-14-15-5-2-1-3-6-15)16(13-17)9-12-19-24-26-27(25-19)20-7-4-8-21(28)23-20/h1-8,10-11,13H,9,12,14H2,(H,23,28). The maximum atomic E-state index is 11.5. The van der Waals surface area contributed by atoms with Crippen LogP contribution in [0, 0.1) is 0 Å². The van der Waals surface area contributed by atoms with Crippen LogP contribution in [0.3, 0.4) is 0 Å². The van der Waals surface area contributed by atoms with Crippen molar-refractivity contribution < 1.29 is 4.74 Å². The van der Waals surface area contributed by atoms with Gasteiger partial charge in [0, 0.05) is 17.0 Å². The molecule has 0 saturated heterocycles. The van der Waals surface area contributed by atoms with E-state index in [9.17, 15) is 4.79 Å². The highest BCUT2D eigenvalue weighted by Gasteiger charge is 2.10. The lowest BCUT2D eigenvalue weighted by atomic mass is 10.1. The number of hydrogen-bond donors (Lipinski definition) is 1. The van der Waals surface area contributed by atoms with Crippen LogP contribution < -0.4 is 10.3 Å². The number of benzene rings is 2. The minimum absolute atomic E-state index is 0.212. The molecule has 7 nitrogen and oxygen atoms in total. The average molecular weight is 452 g/mol. The lowest BCUT2D eigenvalue weighted by Gasteiger charge is -2.12. The van der Waals surface area contributed by atoms with Gasteiger partial charge in [0.15, 0.2) is 11.6 Å². The van der Waals surface area contributed by atoms with E-state index in [-0.39, 0.29) is 5.56 Å². The Balaban J connectivity index is 1.45. The quantitative estimate of drug-likeness (QED) is 0.464. The Bertz CT molecular complexity index is 1160. The largest absolute Gasteiger partial charge is 0.489 e. The number of tetrazole rings is 1. The van der Waals surface area contributed by atoms with Crippen LogP contribution in [0.5, 0.6) is 5.75 Å². The van der Waals surface area contributed by atoms with E-state index >= 15 is 0 Å². The van der Waals surface area contributed by atoms with Crippen molar-refractivity contribution in [3.63, 3.8) is 0 Å². The number of nitrogens with one attached hydrogen (secondary N) is 1. The summed E-state index contributed by atoms with van der Waals surface area (Å²) in [5.74, 6) is 1.89. The first-order valence-electron chi connectivity index (χ1n) is 9.11. The summed E-state index contributed by atoms with van der Waals surface area (Å²) < 4.78 is 7.02. The Morgan fingerprint density at radius 2 is 1.86 bits per heavy atom.